The lowest BCUT2D eigenvalue weighted by molar-refractivity contribution is -0.129. The van der Waals surface area contributed by atoms with E-state index < -0.39 is 0 Å². The Balaban J connectivity index is 1.90. The third kappa shape index (κ3) is 3.25. The standard InChI is InChI=1S/C15H27NO2/c1-12-7-9-15(11-17,10-8-12)16-14(18)13-5-3-2-4-6-13/h12-13,17H,2-11H2,1H3,(H,16,18). The number of aliphatic hydroxyl groups excluding tert-OH is 1. The van der Waals surface area contributed by atoms with E-state index in [0.29, 0.717) is 0 Å². The van der Waals surface area contributed by atoms with Crippen LogP contribution in [0.1, 0.15) is 64.7 Å². The van der Waals surface area contributed by atoms with Crippen LogP contribution < -0.4 is 5.32 Å². The van der Waals surface area contributed by atoms with Crippen LogP contribution in [0.25, 0.3) is 0 Å². The van der Waals surface area contributed by atoms with Gasteiger partial charge in [0.25, 0.3) is 0 Å². The van der Waals surface area contributed by atoms with Crippen LogP contribution in [0.2, 0.25) is 0 Å². The van der Waals surface area contributed by atoms with Crippen molar-refractivity contribution in [3.05, 3.63) is 0 Å². The summed E-state index contributed by atoms with van der Waals surface area (Å²) in [5.74, 6) is 1.12. The Kier molecular flexibility index (Phi) is 4.66. The van der Waals surface area contributed by atoms with Gasteiger partial charge in [-0.05, 0) is 44.4 Å². The molecule has 0 aliphatic heterocycles. The average molecular weight is 253 g/mol. The van der Waals surface area contributed by atoms with Crippen LogP contribution in [0, 0.1) is 11.8 Å². The molecule has 0 aromatic rings. The van der Waals surface area contributed by atoms with Gasteiger partial charge in [-0.15, -0.1) is 0 Å². The highest BCUT2D eigenvalue weighted by molar-refractivity contribution is 5.79. The predicted molar refractivity (Wildman–Crippen MR) is 72.2 cm³/mol. The van der Waals surface area contributed by atoms with Crippen LogP contribution in [0.5, 0.6) is 0 Å². The van der Waals surface area contributed by atoms with E-state index >= 15 is 0 Å². The zero-order chi connectivity index (χ0) is 13.0. The summed E-state index contributed by atoms with van der Waals surface area (Å²) in [7, 11) is 0. The van der Waals surface area contributed by atoms with Gasteiger partial charge in [-0.3, -0.25) is 4.79 Å². The van der Waals surface area contributed by atoms with Crippen LogP contribution >= 0.6 is 0 Å². The van der Waals surface area contributed by atoms with Gasteiger partial charge in [-0.25, -0.2) is 0 Å². The molecule has 0 atom stereocenters. The molecule has 2 aliphatic rings. The molecule has 3 nitrogen and oxygen atoms in total. The Morgan fingerprint density at radius 3 is 2.33 bits per heavy atom. The summed E-state index contributed by atoms with van der Waals surface area (Å²) in [6.45, 7) is 2.35. The van der Waals surface area contributed by atoms with E-state index in [1.54, 1.807) is 0 Å². The molecule has 0 unspecified atom stereocenters. The van der Waals surface area contributed by atoms with Crippen molar-refractivity contribution in [2.45, 2.75) is 70.3 Å². The molecule has 104 valence electrons. The van der Waals surface area contributed by atoms with E-state index in [0.717, 1.165) is 44.4 Å². The second-order valence-corrected chi connectivity index (χ2v) is 6.45. The lowest BCUT2D eigenvalue weighted by atomic mass is 9.77. The minimum Gasteiger partial charge on any atom is -0.394 e. The van der Waals surface area contributed by atoms with Crippen LogP contribution in [-0.2, 0) is 4.79 Å². The van der Waals surface area contributed by atoms with Crippen molar-refractivity contribution in [2.24, 2.45) is 11.8 Å². The van der Waals surface area contributed by atoms with Crippen LogP contribution in [-0.4, -0.2) is 23.2 Å². The third-order valence-electron chi connectivity index (χ3n) is 4.90. The molecule has 2 fully saturated rings. The molecule has 0 aromatic heterocycles. The molecule has 0 radical (unpaired) electrons. The molecule has 2 saturated carbocycles. The van der Waals surface area contributed by atoms with Gasteiger partial charge in [0.1, 0.15) is 0 Å². The first-order chi connectivity index (χ1) is 8.65. The third-order valence-corrected chi connectivity index (χ3v) is 4.90. The van der Waals surface area contributed by atoms with Gasteiger partial charge in [0.15, 0.2) is 0 Å². The summed E-state index contributed by atoms with van der Waals surface area (Å²) in [4.78, 5) is 12.3. The van der Waals surface area contributed by atoms with E-state index in [1.807, 2.05) is 0 Å². The van der Waals surface area contributed by atoms with Crippen LogP contribution in [0.4, 0.5) is 0 Å². The summed E-state index contributed by atoms with van der Waals surface area (Å²) >= 11 is 0. The quantitative estimate of drug-likeness (QED) is 0.812. The summed E-state index contributed by atoms with van der Waals surface area (Å²) in [6.07, 6.45) is 9.80. The zero-order valence-electron chi connectivity index (χ0n) is 11.6. The van der Waals surface area contributed by atoms with E-state index in [-0.39, 0.29) is 24.0 Å². The smallest absolute Gasteiger partial charge is 0.223 e. The molecule has 18 heavy (non-hydrogen) atoms. The number of aliphatic hydroxyl groups is 1. The molecule has 3 heteroatoms. The molecule has 0 saturated heterocycles. The molecule has 0 aromatic carbocycles. The van der Waals surface area contributed by atoms with Crippen molar-refractivity contribution in [1.29, 1.82) is 0 Å². The first kappa shape index (κ1) is 13.9. The molecule has 2 N–H and O–H groups in total. The summed E-state index contributed by atoms with van der Waals surface area (Å²) < 4.78 is 0. The Hall–Kier alpha value is -0.570. The molecule has 0 spiro atoms. The van der Waals surface area contributed by atoms with Gasteiger partial charge >= 0.3 is 0 Å². The molecule has 0 heterocycles. The number of hydrogen-bond donors (Lipinski definition) is 2. The minimum absolute atomic E-state index is 0.0954. The van der Waals surface area contributed by atoms with Gasteiger partial charge in [0.2, 0.25) is 5.91 Å². The maximum absolute atomic E-state index is 12.3. The molecule has 2 rings (SSSR count). The lowest BCUT2D eigenvalue weighted by Gasteiger charge is -2.40. The van der Waals surface area contributed by atoms with Crippen molar-refractivity contribution in [2.75, 3.05) is 6.61 Å². The summed E-state index contributed by atoms with van der Waals surface area (Å²) in [5.41, 5.74) is -0.318. The maximum Gasteiger partial charge on any atom is 0.223 e. The Labute approximate surface area is 110 Å². The van der Waals surface area contributed by atoms with Crippen molar-refractivity contribution < 1.29 is 9.90 Å². The van der Waals surface area contributed by atoms with E-state index in [4.69, 9.17) is 0 Å². The van der Waals surface area contributed by atoms with Crippen LogP contribution in [0.15, 0.2) is 0 Å². The summed E-state index contributed by atoms with van der Waals surface area (Å²) in [5, 5.41) is 12.8. The lowest BCUT2D eigenvalue weighted by Crippen LogP contribution is -2.54. The summed E-state index contributed by atoms with van der Waals surface area (Å²) in [6, 6.07) is 0. The monoisotopic (exact) mass is 253 g/mol. The van der Waals surface area contributed by atoms with Gasteiger partial charge < -0.3 is 10.4 Å². The van der Waals surface area contributed by atoms with Gasteiger partial charge in [-0.2, -0.15) is 0 Å². The maximum atomic E-state index is 12.3. The molecule has 1 amide bonds. The topological polar surface area (TPSA) is 49.3 Å². The largest absolute Gasteiger partial charge is 0.394 e. The van der Waals surface area contributed by atoms with Gasteiger partial charge in [-0.1, -0.05) is 26.2 Å². The minimum atomic E-state index is -0.318. The number of rotatable bonds is 3. The van der Waals surface area contributed by atoms with Crippen molar-refractivity contribution in [1.82, 2.24) is 5.32 Å². The fraction of sp³-hybridized carbons (Fsp3) is 0.933. The van der Waals surface area contributed by atoms with E-state index in [1.165, 1.54) is 19.3 Å². The number of carbonyl (C=O) groups is 1. The normalized spacial score (nSPS) is 34.2. The molecule has 2 aliphatic carbocycles. The molecule has 0 bridgehead atoms. The average Bonchev–Trinajstić information content (AvgIpc) is 2.43. The van der Waals surface area contributed by atoms with Crippen molar-refractivity contribution in [3.8, 4) is 0 Å². The Morgan fingerprint density at radius 2 is 1.78 bits per heavy atom. The fourth-order valence-electron chi connectivity index (χ4n) is 3.37. The first-order valence-corrected chi connectivity index (χ1v) is 7.58. The Bertz CT molecular complexity index is 276. The highest BCUT2D eigenvalue weighted by Gasteiger charge is 2.36. The molecular weight excluding hydrogens is 226 g/mol. The van der Waals surface area contributed by atoms with Crippen LogP contribution in [0.3, 0.4) is 0 Å². The molecular formula is C15H27NO2. The highest BCUT2D eigenvalue weighted by Crippen LogP contribution is 2.32. The highest BCUT2D eigenvalue weighted by atomic mass is 16.3. The second-order valence-electron chi connectivity index (χ2n) is 6.45. The van der Waals surface area contributed by atoms with Crippen molar-refractivity contribution in [3.63, 3.8) is 0 Å². The number of hydrogen-bond acceptors (Lipinski definition) is 2. The van der Waals surface area contributed by atoms with E-state index in [2.05, 4.69) is 12.2 Å². The van der Waals surface area contributed by atoms with Crippen molar-refractivity contribution >= 4 is 5.91 Å². The first-order valence-electron chi connectivity index (χ1n) is 7.58. The number of nitrogens with one attached hydrogen (secondary N) is 1. The van der Waals surface area contributed by atoms with E-state index in [9.17, 15) is 9.90 Å². The fourth-order valence-corrected chi connectivity index (χ4v) is 3.37. The Morgan fingerprint density at radius 1 is 1.17 bits per heavy atom. The number of amides is 1. The number of carbonyl (C=O) groups excluding carboxylic acids is 1. The van der Waals surface area contributed by atoms with Gasteiger partial charge in [0.05, 0.1) is 12.1 Å². The predicted octanol–water partition coefficient (Wildman–Crippen LogP) is 2.62. The SMILES string of the molecule is CC1CCC(CO)(NC(=O)C2CCCCC2)CC1. The second kappa shape index (κ2) is 6.05. The van der Waals surface area contributed by atoms with Gasteiger partial charge in [0, 0.05) is 5.92 Å². The zero-order valence-corrected chi connectivity index (χ0v) is 11.6.